The maximum absolute atomic E-state index is 12.9. The number of carbonyl (C=O) groups excluding carboxylic acids is 1. The van der Waals surface area contributed by atoms with Crippen molar-refractivity contribution in [2.24, 2.45) is 0 Å². The Morgan fingerprint density at radius 3 is 2.38 bits per heavy atom. The third kappa shape index (κ3) is 3.93. The predicted molar refractivity (Wildman–Crippen MR) is 128 cm³/mol. The Kier molecular flexibility index (Phi) is 5.39. The molecule has 5 rings (SSSR count). The molecule has 34 heavy (non-hydrogen) atoms. The minimum atomic E-state index is -1.11. The van der Waals surface area contributed by atoms with Gasteiger partial charge in [-0.25, -0.2) is 9.48 Å². The van der Waals surface area contributed by atoms with E-state index in [0.717, 1.165) is 16.5 Å². The van der Waals surface area contributed by atoms with Crippen LogP contribution in [0.1, 0.15) is 15.9 Å². The second-order valence-electron chi connectivity index (χ2n) is 7.92. The number of carboxylic acids is 1. The molecule has 0 aliphatic heterocycles. The molecule has 2 aromatic heterocycles. The largest absolute Gasteiger partial charge is 0.480 e. The number of benzene rings is 3. The van der Waals surface area contributed by atoms with Gasteiger partial charge in [0, 0.05) is 23.6 Å². The molecule has 0 radical (unpaired) electrons. The number of rotatable bonds is 6. The number of para-hydroxylation sites is 1. The van der Waals surface area contributed by atoms with Crippen LogP contribution in [0.2, 0.25) is 0 Å². The molecule has 2 heterocycles. The summed E-state index contributed by atoms with van der Waals surface area (Å²) < 4.78 is 1.40. The van der Waals surface area contributed by atoms with Gasteiger partial charge in [0.2, 0.25) is 0 Å². The molecular formula is C26H20N4O4. The maximum atomic E-state index is 12.9. The Hall–Kier alpha value is -4.72. The van der Waals surface area contributed by atoms with Gasteiger partial charge >= 0.3 is 5.97 Å². The molecule has 0 aliphatic rings. The van der Waals surface area contributed by atoms with E-state index in [1.807, 2.05) is 54.6 Å². The van der Waals surface area contributed by atoms with Gasteiger partial charge < -0.3 is 10.4 Å². The normalized spacial score (nSPS) is 12.0. The molecule has 0 saturated heterocycles. The van der Waals surface area contributed by atoms with Crippen molar-refractivity contribution >= 4 is 33.7 Å². The number of nitrogens with one attached hydrogen (secondary N) is 2. The Balaban J connectivity index is 1.40. The number of carboxylic acid groups (broad SMARTS) is 1. The van der Waals surface area contributed by atoms with Crippen molar-refractivity contribution in [2.45, 2.75) is 12.5 Å². The lowest BCUT2D eigenvalue weighted by Gasteiger charge is -2.15. The van der Waals surface area contributed by atoms with Gasteiger partial charge in [0.05, 0.1) is 22.1 Å². The Morgan fingerprint density at radius 1 is 0.941 bits per heavy atom. The summed E-state index contributed by atoms with van der Waals surface area (Å²) in [6.45, 7) is 0. The van der Waals surface area contributed by atoms with Crippen LogP contribution in [0.25, 0.3) is 27.5 Å². The number of carbonyl (C=O) groups is 2. The minimum Gasteiger partial charge on any atom is -0.480 e. The van der Waals surface area contributed by atoms with Crippen molar-refractivity contribution in [1.29, 1.82) is 0 Å². The number of nitrogens with zero attached hydrogens (tertiary/aromatic N) is 2. The summed E-state index contributed by atoms with van der Waals surface area (Å²) in [5.74, 6) is -1.62. The number of fused-ring (bicyclic) bond motifs is 3. The fourth-order valence-corrected chi connectivity index (χ4v) is 3.94. The first-order valence-electron chi connectivity index (χ1n) is 10.7. The topological polar surface area (TPSA) is 117 Å². The zero-order valence-electron chi connectivity index (χ0n) is 17.9. The van der Waals surface area contributed by atoms with E-state index in [-0.39, 0.29) is 12.0 Å². The number of amides is 1. The Morgan fingerprint density at radius 2 is 1.65 bits per heavy atom. The second kappa shape index (κ2) is 8.67. The molecule has 8 heteroatoms. The van der Waals surface area contributed by atoms with E-state index in [0.29, 0.717) is 22.2 Å². The molecular weight excluding hydrogens is 432 g/mol. The van der Waals surface area contributed by atoms with Crippen LogP contribution in [0.4, 0.5) is 0 Å². The molecule has 0 bridgehead atoms. The highest BCUT2D eigenvalue weighted by Crippen LogP contribution is 2.20. The first-order valence-corrected chi connectivity index (χ1v) is 10.7. The summed E-state index contributed by atoms with van der Waals surface area (Å²) in [5.41, 5.74) is 2.85. The lowest BCUT2D eigenvalue weighted by Crippen LogP contribution is -2.42. The monoisotopic (exact) mass is 452 g/mol. The molecule has 0 fully saturated rings. The Labute approximate surface area is 193 Å². The third-order valence-electron chi connectivity index (χ3n) is 5.71. The first-order chi connectivity index (χ1) is 16.5. The number of aromatic amines is 1. The summed E-state index contributed by atoms with van der Waals surface area (Å²) >= 11 is 0. The molecule has 1 atom stereocenters. The summed E-state index contributed by atoms with van der Waals surface area (Å²) in [6, 6.07) is 22.0. The average Bonchev–Trinajstić information content (AvgIpc) is 3.21. The molecule has 168 valence electrons. The molecule has 3 aromatic carbocycles. The molecule has 1 unspecified atom stereocenters. The van der Waals surface area contributed by atoms with Crippen LogP contribution in [-0.2, 0) is 11.2 Å². The van der Waals surface area contributed by atoms with Gasteiger partial charge in [0.15, 0.2) is 0 Å². The number of hydrogen-bond acceptors (Lipinski definition) is 4. The van der Waals surface area contributed by atoms with Crippen LogP contribution in [0.3, 0.4) is 0 Å². The van der Waals surface area contributed by atoms with Gasteiger partial charge in [-0.05, 0) is 35.9 Å². The lowest BCUT2D eigenvalue weighted by molar-refractivity contribution is -0.139. The van der Waals surface area contributed by atoms with E-state index in [4.69, 9.17) is 0 Å². The molecule has 8 nitrogen and oxygen atoms in total. The van der Waals surface area contributed by atoms with E-state index in [2.05, 4.69) is 15.4 Å². The molecule has 3 N–H and O–H groups in total. The van der Waals surface area contributed by atoms with Gasteiger partial charge in [-0.3, -0.25) is 19.7 Å². The third-order valence-corrected chi connectivity index (χ3v) is 5.71. The van der Waals surface area contributed by atoms with Gasteiger partial charge in [0.1, 0.15) is 6.04 Å². The van der Waals surface area contributed by atoms with Gasteiger partial charge in [0.25, 0.3) is 11.5 Å². The number of hydrogen-bond donors (Lipinski definition) is 3. The summed E-state index contributed by atoms with van der Waals surface area (Å²) in [4.78, 5) is 41.6. The molecule has 0 saturated carbocycles. The van der Waals surface area contributed by atoms with Crippen LogP contribution in [0.15, 0.2) is 89.9 Å². The smallest absolute Gasteiger partial charge is 0.326 e. The highest BCUT2D eigenvalue weighted by atomic mass is 16.4. The van der Waals surface area contributed by atoms with Crippen LogP contribution in [0, 0.1) is 0 Å². The molecule has 0 spiro atoms. The quantitative estimate of drug-likeness (QED) is 0.366. The van der Waals surface area contributed by atoms with Gasteiger partial charge in [-0.15, -0.1) is 0 Å². The summed E-state index contributed by atoms with van der Waals surface area (Å²) in [6.07, 6.45) is 1.72. The van der Waals surface area contributed by atoms with Crippen LogP contribution < -0.4 is 10.9 Å². The van der Waals surface area contributed by atoms with Gasteiger partial charge in [-0.2, -0.15) is 0 Å². The molecule has 5 aromatic rings. The lowest BCUT2D eigenvalue weighted by atomic mass is 10.1. The SMILES string of the molecule is O=C(NC(Cc1ccccc1)C(=O)O)c1ccc(-n2[nH]c3c(cnc4ccccc43)c2=O)cc1. The van der Waals surface area contributed by atoms with Crippen molar-refractivity contribution < 1.29 is 14.7 Å². The fraction of sp³-hybridized carbons (Fsp3) is 0.0769. The summed E-state index contributed by atoms with van der Waals surface area (Å²) in [7, 11) is 0. The first kappa shape index (κ1) is 21.1. The highest BCUT2D eigenvalue weighted by Gasteiger charge is 2.21. The van der Waals surface area contributed by atoms with Crippen LogP contribution in [0.5, 0.6) is 0 Å². The van der Waals surface area contributed by atoms with Crippen molar-refractivity contribution in [3.8, 4) is 5.69 Å². The zero-order chi connectivity index (χ0) is 23.7. The van der Waals surface area contributed by atoms with Crippen molar-refractivity contribution in [1.82, 2.24) is 20.1 Å². The van der Waals surface area contributed by atoms with E-state index in [9.17, 15) is 19.5 Å². The predicted octanol–water partition coefficient (Wildman–Crippen LogP) is 3.29. The number of H-pyrrole nitrogens is 1. The summed E-state index contributed by atoms with van der Waals surface area (Å²) in [5, 5.41) is 16.5. The van der Waals surface area contributed by atoms with E-state index >= 15 is 0 Å². The van der Waals surface area contributed by atoms with Crippen LogP contribution in [-0.4, -0.2) is 37.8 Å². The number of pyridine rings is 1. The second-order valence-corrected chi connectivity index (χ2v) is 7.92. The number of aromatic nitrogens is 3. The standard InChI is InChI=1S/C26H20N4O4/c31-24(28-22(26(33)34)14-16-6-2-1-3-7-16)17-10-12-18(13-11-17)30-25(32)20-15-27-21-9-5-4-8-19(21)23(20)29-30/h1-13,15,22,29H,14H2,(H,28,31)(H,33,34). The average molecular weight is 452 g/mol. The van der Waals surface area contributed by atoms with Crippen molar-refractivity contribution in [2.75, 3.05) is 0 Å². The van der Waals surface area contributed by atoms with E-state index in [1.54, 1.807) is 30.5 Å². The van der Waals surface area contributed by atoms with Crippen molar-refractivity contribution in [3.05, 3.63) is 107 Å². The Bertz CT molecular complexity index is 1570. The zero-order valence-corrected chi connectivity index (χ0v) is 17.9. The van der Waals surface area contributed by atoms with Gasteiger partial charge in [-0.1, -0.05) is 48.5 Å². The highest BCUT2D eigenvalue weighted by molar-refractivity contribution is 6.02. The maximum Gasteiger partial charge on any atom is 0.326 e. The molecule has 0 aliphatic carbocycles. The van der Waals surface area contributed by atoms with E-state index < -0.39 is 17.9 Å². The van der Waals surface area contributed by atoms with Crippen molar-refractivity contribution in [3.63, 3.8) is 0 Å². The minimum absolute atomic E-state index is 0.173. The van der Waals surface area contributed by atoms with Crippen LogP contribution >= 0.6 is 0 Å². The fourth-order valence-electron chi connectivity index (χ4n) is 3.94. The van der Waals surface area contributed by atoms with E-state index in [1.165, 1.54) is 4.68 Å². The number of aliphatic carboxylic acids is 1. The molecule has 1 amide bonds.